The summed E-state index contributed by atoms with van der Waals surface area (Å²) in [6.07, 6.45) is 6.96. The van der Waals surface area contributed by atoms with Crippen LogP contribution < -0.4 is 5.32 Å². The van der Waals surface area contributed by atoms with Crippen LogP contribution in [0.3, 0.4) is 0 Å². The van der Waals surface area contributed by atoms with Gasteiger partial charge in [-0.15, -0.1) is 0 Å². The summed E-state index contributed by atoms with van der Waals surface area (Å²) >= 11 is 0. The second-order valence-electron chi connectivity index (χ2n) is 6.22. The van der Waals surface area contributed by atoms with Crippen LogP contribution in [0.5, 0.6) is 0 Å². The summed E-state index contributed by atoms with van der Waals surface area (Å²) < 4.78 is 0. The monoisotopic (exact) mass is 273 g/mol. The predicted molar refractivity (Wildman–Crippen MR) is 78.2 cm³/mol. The number of rotatable bonds is 3. The maximum absolute atomic E-state index is 12.2. The summed E-state index contributed by atoms with van der Waals surface area (Å²) in [7, 11) is 0. The van der Waals surface area contributed by atoms with Crippen LogP contribution in [0.25, 0.3) is 0 Å². The van der Waals surface area contributed by atoms with Crippen LogP contribution in [0.1, 0.15) is 55.7 Å². The number of amides is 1. The molecule has 2 aliphatic rings. The molecule has 0 spiro atoms. The first-order valence-corrected chi connectivity index (χ1v) is 7.79. The molecule has 2 aliphatic carbocycles. The fraction of sp³-hybridized carbons (Fsp3) is 0.588. The van der Waals surface area contributed by atoms with Gasteiger partial charge in [0.25, 0.3) is 0 Å². The first kappa shape index (κ1) is 13.6. The van der Waals surface area contributed by atoms with Crippen molar-refractivity contribution < 1.29 is 9.90 Å². The zero-order chi connectivity index (χ0) is 13.9. The minimum Gasteiger partial charge on any atom is -0.390 e. The van der Waals surface area contributed by atoms with Crippen LogP contribution in [-0.4, -0.2) is 17.1 Å². The molecule has 1 fully saturated rings. The van der Waals surface area contributed by atoms with Crippen molar-refractivity contribution in [1.29, 1.82) is 0 Å². The highest BCUT2D eigenvalue weighted by atomic mass is 16.3. The fourth-order valence-electron chi connectivity index (χ4n) is 3.63. The second-order valence-corrected chi connectivity index (χ2v) is 6.22. The van der Waals surface area contributed by atoms with E-state index in [2.05, 4.69) is 5.32 Å². The third-order valence-corrected chi connectivity index (χ3v) is 4.72. The summed E-state index contributed by atoms with van der Waals surface area (Å²) in [5.41, 5.74) is 2.24. The molecule has 2 N–H and O–H groups in total. The summed E-state index contributed by atoms with van der Waals surface area (Å²) in [5.74, 6) is 0.634. The van der Waals surface area contributed by atoms with Gasteiger partial charge in [0.1, 0.15) is 0 Å². The number of carbonyl (C=O) groups is 1. The molecule has 1 saturated carbocycles. The van der Waals surface area contributed by atoms with E-state index in [1.165, 1.54) is 32.1 Å². The highest BCUT2D eigenvalue weighted by molar-refractivity contribution is 5.77. The molecule has 0 unspecified atom stereocenters. The highest BCUT2D eigenvalue weighted by Gasteiger charge is 2.32. The Morgan fingerprint density at radius 3 is 2.75 bits per heavy atom. The number of aliphatic hydroxyl groups excluding tert-OH is 1. The molecular formula is C17H23NO2. The average Bonchev–Trinajstić information content (AvgIpc) is 2.76. The number of hydrogen-bond donors (Lipinski definition) is 2. The van der Waals surface area contributed by atoms with Crippen LogP contribution in [0.4, 0.5) is 0 Å². The Bertz CT molecular complexity index is 480. The van der Waals surface area contributed by atoms with E-state index in [1.54, 1.807) is 0 Å². The standard InChI is InChI=1S/C17H23NO2/c19-15-11-13-8-4-5-9-14(13)17(15)18-16(20)10-12-6-2-1-3-7-12/h4-5,8-9,12,15,17,19H,1-3,6-7,10-11H2,(H,18,20)/t15-,17+/m1/s1. The lowest BCUT2D eigenvalue weighted by Gasteiger charge is -2.23. The van der Waals surface area contributed by atoms with Crippen molar-refractivity contribution in [2.45, 2.75) is 57.1 Å². The molecule has 3 rings (SSSR count). The van der Waals surface area contributed by atoms with Gasteiger partial charge >= 0.3 is 0 Å². The molecular weight excluding hydrogens is 250 g/mol. The van der Waals surface area contributed by atoms with E-state index in [4.69, 9.17) is 0 Å². The molecule has 3 nitrogen and oxygen atoms in total. The van der Waals surface area contributed by atoms with Gasteiger partial charge in [0.05, 0.1) is 12.1 Å². The first-order chi connectivity index (χ1) is 9.74. The molecule has 0 radical (unpaired) electrons. The number of carbonyl (C=O) groups excluding carboxylic acids is 1. The van der Waals surface area contributed by atoms with Crippen molar-refractivity contribution >= 4 is 5.91 Å². The molecule has 20 heavy (non-hydrogen) atoms. The molecule has 0 aliphatic heterocycles. The molecule has 1 amide bonds. The maximum atomic E-state index is 12.2. The SMILES string of the molecule is O=C(CC1CCCCC1)N[C@H]1c2ccccc2C[C@H]1O. The van der Waals surface area contributed by atoms with Gasteiger partial charge in [-0.1, -0.05) is 43.5 Å². The van der Waals surface area contributed by atoms with Gasteiger partial charge in [-0.05, 0) is 29.9 Å². The van der Waals surface area contributed by atoms with E-state index in [9.17, 15) is 9.90 Å². The molecule has 0 saturated heterocycles. The van der Waals surface area contributed by atoms with Crippen LogP contribution in [0.15, 0.2) is 24.3 Å². The highest BCUT2D eigenvalue weighted by Crippen LogP contribution is 2.32. The van der Waals surface area contributed by atoms with E-state index in [1.807, 2.05) is 24.3 Å². The smallest absolute Gasteiger partial charge is 0.220 e. The molecule has 3 heteroatoms. The Balaban J connectivity index is 1.61. The Labute approximate surface area is 120 Å². The quantitative estimate of drug-likeness (QED) is 0.889. The van der Waals surface area contributed by atoms with Crippen LogP contribution in [0, 0.1) is 5.92 Å². The predicted octanol–water partition coefficient (Wildman–Crippen LogP) is 2.73. The number of nitrogens with one attached hydrogen (secondary N) is 1. The van der Waals surface area contributed by atoms with Gasteiger partial charge in [0.15, 0.2) is 0 Å². The van der Waals surface area contributed by atoms with Crippen molar-refractivity contribution in [2.75, 3.05) is 0 Å². The number of hydrogen-bond acceptors (Lipinski definition) is 2. The normalized spacial score (nSPS) is 26.2. The van der Waals surface area contributed by atoms with Gasteiger partial charge in [-0.25, -0.2) is 0 Å². The lowest BCUT2D eigenvalue weighted by atomic mass is 9.87. The van der Waals surface area contributed by atoms with Crippen molar-refractivity contribution in [1.82, 2.24) is 5.32 Å². The summed E-state index contributed by atoms with van der Waals surface area (Å²) in [5, 5.41) is 13.2. The minimum absolute atomic E-state index is 0.0950. The zero-order valence-corrected chi connectivity index (χ0v) is 11.8. The average molecular weight is 273 g/mol. The van der Waals surface area contributed by atoms with Crippen molar-refractivity contribution in [3.63, 3.8) is 0 Å². The molecule has 0 bridgehead atoms. The lowest BCUT2D eigenvalue weighted by Crippen LogP contribution is -2.35. The molecule has 0 heterocycles. The van der Waals surface area contributed by atoms with Crippen LogP contribution >= 0.6 is 0 Å². The molecule has 1 aromatic carbocycles. The molecule has 108 valence electrons. The van der Waals surface area contributed by atoms with E-state index < -0.39 is 6.10 Å². The Morgan fingerprint density at radius 2 is 1.95 bits per heavy atom. The van der Waals surface area contributed by atoms with Crippen molar-refractivity contribution in [3.05, 3.63) is 35.4 Å². The van der Waals surface area contributed by atoms with E-state index in [0.29, 0.717) is 18.8 Å². The van der Waals surface area contributed by atoms with Gasteiger partial charge in [0.2, 0.25) is 5.91 Å². The Morgan fingerprint density at radius 1 is 1.20 bits per heavy atom. The largest absolute Gasteiger partial charge is 0.390 e. The van der Waals surface area contributed by atoms with Crippen LogP contribution in [0.2, 0.25) is 0 Å². The third-order valence-electron chi connectivity index (χ3n) is 4.72. The Kier molecular flexibility index (Phi) is 4.06. The number of fused-ring (bicyclic) bond motifs is 1. The summed E-state index contributed by atoms with van der Waals surface area (Å²) in [4.78, 5) is 12.2. The number of aliphatic hydroxyl groups is 1. The number of benzene rings is 1. The lowest BCUT2D eigenvalue weighted by molar-refractivity contribution is -0.123. The van der Waals surface area contributed by atoms with E-state index in [-0.39, 0.29) is 11.9 Å². The molecule has 2 atom stereocenters. The zero-order valence-electron chi connectivity index (χ0n) is 11.8. The van der Waals surface area contributed by atoms with Gasteiger partial charge in [0, 0.05) is 12.8 Å². The molecule has 1 aromatic rings. The summed E-state index contributed by atoms with van der Waals surface area (Å²) in [6.45, 7) is 0. The van der Waals surface area contributed by atoms with Crippen LogP contribution in [-0.2, 0) is 11.2 Å². The minimum atomic E-state index is -0.484. The first-order valence-electron chi connectivity index (χ1n) is 7.79. The maximum Gasteiger partial charge on any atom is 0.220 e. The van der Waals surface area contributed by atoms with Crippen molar-refractivity contribution in [3.8, 4) is 0 Å². The topological polar surface area (TPSA) is 49.3 Å². The summed E-state index contributed by atoms with van der Waals surface area (Å²) in [6, 6.07) is 7.78. The van der Waals surface area contributed by atoms with Gasteiger partial charge < -0.3 is 10.4 Å². The van der Waals surface area contributed by atoms with Gasteiger partial charge in [-0.3, -0.25) is 4.79 Å². The fourth-order valence-corrected chi connectivity index (χ4v) is 3.63. The van der Waals surface area contributed by atoms with E-state index in [0.717, 1.165) is 11.1 Å². The van der Waals surface area contributed by atoms with E-state index >= 15 is 0 Å². The molecule has 0 aromatic heterocycles. The Hall–Kier alpha value is -1.35. The third kappa shape index (κ3) is 2.88. The van der Waals surface area contributed by atoms with Gasteiger partial charge in [-0.2, -0.15) is 0 Å². The second kappa shape index (κ2) is 5.96. The van der Waals surface area contributed by atoms with Crippen molar-refractivity contribution in [2.24, 2.45) is 5.92 Å².